The van der Waals surface area contributed by atoms with Gasteiger partial charge < -0.3 is 10.4 Å². The Morgan fingerprint density at radius 3 is 2.05 bits per heavy atom. The summed E-state index contributed by atoms with van der Waals surface area (Å²) in [6.45, 7) is 6.02. The molecule has 2 N–H and O–H groups in total. The number of nitrogens with one attached hydrogen (secondary N) is 1. The topological polar surface area (TPSA) is 69.6 Å². The van der Waals surface area contributed by atoms with Gasteiger partial charge in [-0.25, -0.2) is 0 Å². The highest BCUT2D eigenvalue weighted by Crippen LogP contribution is 2.38. The van der Waals surface area contributed by atoms with E-state index in [4.69, 9.17) is 5.11 Å². The fraction of sp³-hybridized carbons (Fsp3) is 0.846. The van der Waals surface area contributed by atoms with E-state index in [1.807, 2.05) is 0 Å². The van der Waals surface area contributed by atoms with Gasteiger partial charge in [0.05, 0.1) is 17.9 Å². The summed E-state index contributed by atoms with van der Waals surface area (Å²) in [6.07, 6.45) is -4.59. The fourth-order valence-electron chi connectivity index (χ4n) is 2.37. The minimum Gasteiger partial charge on any atom is -0.481 e. The van der Waals surface area contributed by atoms with Crippen LogP contribution in [0.25, 0.3) is 0 Å². The first-order valence-electron chi connectivity index (χ1n) is 6.68. The number of hydrogen-bond donors (Lipinski definition) is 2. The lowest BCUT2D eigenvalue weighted by Gasteiger charge is -2.28. The van der Waals surface area contributed by atoms with Crippen LogP contribution in [0.4, 0.5) is 13.2 Å². The van der Waals surface area contributed by atoms with Gasteiger partial charge in [0.2, 0.25) is 5.91 Å². The number of carbonyl (C=O) groups excluding carboxylic acids is 1. The lowest BCUT2D eigenvalue weighted by atomic mass is 9.96. The third-order valence-corrected chi connectivity index (χ3v) is 3.51. The van der Waals surface area contributed by atoms with E-state index in [1.54, 1.807) is 20.8 Å². The predicted octanol–water partition coefficient (Wildman–Crippen LogP) is 1.91. The summed E-state index contributed by atoms with van der Waals surface area (Å²) in [5.74, 6) is -5.37. The lowest BCUT2D eigenvalue weighted by molar-refractivity contribution is -0.188. The van der Waals surface area contributed by atoms with Gasteiger partial charge in [0.25, 0.3) is 0 Å². The van der Waals surface area contributed by atoms with E-state index >= 15 is 0 Å². The molecule has 9 heteroatoms. The third-order valence-electron chi connectivity index (χ3n) is 3.51. The molecular formula is C13H22ClF3N2O3. The van der Waals surface area contributed by atoms with Crippen molar-refractivity contribution in [3.8, 4) is 0 Å². The quantitative estimate of drug-likeness (QED) is 0.819. The number of hydrogen-bond acceptors (Lipinski definition) is 3. The molecule has 1 saturated heterocycles. The Hall–Kier alpha value is -1.02. The summed E-state index contributed by atoms with van der Waals surface area (Å²) in [7, 11) is 0. The highest BCUT2D eigenvalue weighted by atomic mass is 35.5. The zero-order valence-corrected chi connectivity index (χ0v) is 13.7. The van der Waals surface area contributed by atoms with Gasteiger partial charge in [-0.15, -0.1) is 12.4 Å². The summed E-state index contributed by atoms with van der Waals surface area (Å²) in [4.78, 5) is 24.3. The van der Waals surface area contributed by atoms with Gasteiger partial charge in [-0.2, -0.15) is 13.2 Å². The molecule has 0 aromatic rings. The molecule has 1 fully saturated rings. The van der Waals surface area contributed by atoms with Crippen LogP contribution in [0.3, 0.4) is 0 Å². The highest BCUT2D eigenvalue weighted by molar-refractivity contribution is 5.85. The Morgan fingerprint density at radius 1 is 1.23 bits per heavy atom. The van der Waals surface area contributed by atoms with Crippen LogP contribution >= 0.6 is 12.4 Å². The van der Waals surface area contributed by atoms with Crippen LogP contribution in [0.15, 0.2) is 0 Å². The molecule has 0 spiro atoms. The smallest absolute Gasteiger partial charge is 0.393 e. The van der Waals surface area contributed by atoms with Crippen molar-refractivity contribution in [1.82, 2.24) is 10.2 Å². The highest BCUT2D eigenvalue weighted by Gasteiger charge is 2.53. The molecule has 5 nitrogen and oxygen atoms in total. The molecule has 22 heavy (non-hydrogen) atoms. The van der Waals surface area contributed by atoms with Crippen molar-refractivity contribution >= 4 is 24.3 Å². The molecule has 0 radical (unpaired) electrons. The average molecular weight is 347 g/mol. The predicted molar refractivity (Wildman–Crippen MR) is 76.8 cm³/mol. The molecule has 130 valence electrons. The minimum atomic E-state index is -4.59. The van der Waals surface area contributed by atoms with E-state index in [2.05, 4.69) is 5.32 Å². The van der Waals surface area contributed by atoms with Gasteiger partial charge in [0, 0.05) is 18.6 Å². The number of rotatable bonds is 3. The second-order valence-corrected chi connectivity index (χ2v) is 6.46. The van der Waals surface area contributed by atoms with Gasteiger partial charge in [0.1, 0.15) is 0 Å². The molecule has 0 aromatic carbocycles. The van der Waals surface area contributed by atoms with Crippen molar-refractivity contribution < 1.29 is 27.9 Å². The number of halogens is 4. The molecule has 1 heterocycles. The number of carboxylic acid groups (broad SMARTS) is 1. The van der Waals surface area contributed by atoms with Gasteiger partial charge in [0.15, 0.2) is 0 Å². The Balaban J connectivity index is 0.00000441. The monoisotopic (exact) mass is 346 g/mol. The molecule has 0 aliphatic carbocycles. The maximum Gasteiger partial charge on any atom is 0.393 e. The maximum atomic E-state index is 12.9. The molecule has 1 aliphatic rings. The molecular weight excluding hydrogens is 325 g/mol. The summed E-state index contributed by atoms with van der Waals surface area (Å²) in [5.41, 5.74) is -0.499. The largest absolute Gasteiger partial charge is 0.481 e. The lowest BCUT2D eigenvalue weighted by Crippen LogP contribution is -2.50. The second kappa shape index (κ2) is 7.04. The Labute approximate surface area is 133 Å². The Bertz CT molecular complexity index is 424. The summed E-state index contributed by atoms with van der Waals surface area (Å²) >= 11 is 0. The molecule has 1 unspecified atom stereocenters. The molecule has 1 rings (SSSR count). The van der Waals surface area contributed by atoms with Crippen LogP contribution in [0.1, 0.15) is 27.7 Å². The maximum absolute atomic E-state index is 12.9. The number of amides is 1. The second-order valence-electron chi connectivity index (χ2n) is 6.46. The summed E-state index contributed by atoms with van der Waals surface area (Å²) in [6, 6.07) is -0.807. The van der Waals surface area contributed by atoms with E-state index < -0.39 is 48.0 Å². The first kappa shape index (κ1) is 21.0. The fourth-order valence-corrected chi connectivity index (χ4v) is 2.37. The van der Waals surface area contributed by atoms with E-state index in [0.29, 0.717) is 0 Å². The van der Waals surface area contributed by atoms with Crippen molar-refractivity contribution in [2.75, 3.05) is 13.1 Å². The number of aliphatic carboxylic acids is 1. The summed E-state index contributed by atoms with van der Waals surface area (Å²) in [5, 5.41) is 11.6. The van der Waals surface area contributed by atoms with E-state index in [-0.39, 0.29) is 19.0 Å². The first-order valence-corrected chi connectivity index (χ1v) is 6.68. The van der Waals surface area contributed by atoms with Crippen LogP contribution in [0.2, 0.25) is 0 Å². The van der Waals surface area contributed by atoms with Gasteiger partial charge in [-0.1, -0.05) is 0 Å². The van der Waals surface area contributed by atoms with Gasteiger partial charge >= 0.3 is 12.1 Å². The number of nitrogens with zero attached hydrogens (tertiary/aromatic N) is 1. The average Bonchev–Trinajstić information content (AvgIpc) is 2.69. The van der Waals surface area contributed by atoms with E-state index in [9.17, 15) is 22.8 Å². The van der Waals surface area contributed by atoms with Crippen LogP contribution in [0, 0.1) is 11.8 Å². The van der Waals surface area contributed by atoms with Gasteiger partial charge in [-0.3, -0.25) is 14.5 Å². The first-order chi connectivity index (χ1) is 9.33. The van der Waals surface area contributed by atoms with Crippen LogP contribution in [-0.4, -0.2) is 52.7 Å². The molecule has 0 saturated carbocycles. The Kier molecular flexibility index (Phi) is 6.71. The van der Waals surface area contributed by atoms with Gasteiger partial charge in [-0.05, 0) is 27.7 Å². The molecule has 1 amide bonds. The third kappa shape index (κ3) is 5.31. The van der Waals surface area contributed by atoms with Crippen LogP contribution in [0.5, 0.6) is 0 Å². The van der Waals surface area contributed by atoms with Crippen LogP contribution < -0.4 is 5.32 Å². The van der Waals surface area contributed by atoms with Crippen molar-refractivity contribution in [3.05, 3.63) is 0 Å². The molecule has 0 bridgehead atoms. The van der Waals surface area contributed by atoms with Crippen molar-refractivity contribution in [3.63, 3.8) is 0 Å². The number of alkyl halides is 3. The standard InChI is InChI=1S/C13H21F3N2O3.ClH/c1-7(10(19)17-12(2,3)4)18-5-8(11(20)21)9(6-18)13(14,15)16;/h7-9H,5-6H2,1-4H3,(H,17,19)(H,20,21);1H/t7?,8-,9-;/m1./s1. The Morgan fingerprint density at radius 2 is 1.73 bits per heavy atom. The number of carboxylic acids is 1. The molecule has 1 aliphatic heterocycles. The van der Waals surface area contributed by atoms with Crippen molar-refractivity contribution in [1.29, 1.82) is 0 Å². The zero-order chi connectivity index (χ0) is 16.6. The minimum absolute atomic E-state index is 0. The number of likely N-dealkylation sites (tertiary alicyclic amines) is 1. The van der Waals surface area contributed by atoms with Crippen LogP contribution in [-0.2, 0) is 9.59 Å². The van der Waals surface area contributed by atoms with Crippen molar-refractivity contribution in [2.45, 2.75) is 45.5 Å². The molecule has 3 atom stereocenters. The van der Waals surface area contributed by atoms with Crippen molar-refractivity contribution in [2.24, 2.45) is 11.8 Å². The normalized spacial score (nSPS) is 24.5. The van der Waals surface area contributed by atoms with E-state index in [1.165, 1.54) is 11.8 Å². The summed E-state index contributed by atoms with van der Waals surface area (Å²) < 4.78 is 38.7. The number of carbonyl (C=O) groups is 2. The zero-order valence-electron chi connectivity index (χ0n) is 12.9. The van der Waals surface area contributed by atoms with E-state index in [0.717, 1.165) is 0 Å². The SMILES string of the molecule is CC(C(=O)NC(C)(C)C)N1C[C@@H](C(F)(F)F)[C@H](C(=O)O)C1.Cl. The molecule has 0 aromatic heterocycles.